The van der Waals surface area contributed by atoms with Gasteiger partial charge in [0.1, 0.15) is 10.1 Å². The van der Waals surface area contributed by atoms with Crippen LogP contribution in [0.1, 0.15) is 22.7 Å². The van der Waals surface area contributed by atoms with Crippen LogP contribution in [0.4, 0.5) is 0 Å². The number of carbonyl (C=O) groups excluding carboxylic acids is 1. The smallest absolute Gasteiger partial charge is 0.266 e. The predicted molar refractivity (Wildman–Crippen MR) is 103 cm³/mol. The second-order valence-corrected chi connectivity index (χ2v) is 7.49. The summed E-state index contributed by atoms with van der Waals surface area (Å²) in [6.45, 7) is 5.92. The molecule has 0 aromatic carbocycles. The van der Waals surface area contributed by atoms with E-state index in [0.29, 0.717) is 22.4 Å². The molecule has 0 N–H and O–H groups in total. The van der Waals surface area contributed by atoms with Gasteiger partial charge in [0.25, 0.3) is 5.91 Å². The van der Waals surface area contributed by atoms with Crippen molar-refractivity contribution in [3.05, 3.63) is 52.1 Å². The monoisotopic (exact) mass is 376 g/mol. The van der Waals surface area contributed by atoms with Crippen LogP contribution in [0.3, 0.4) is 0 Å². The molecule has 0 aliphatic carbocycles. The second-order valence-electron chi connectivity index (χ2n) is 5.82. The summed E-state index contributed by atoms with van der Waals surface area (Å²) < 4.78 is 13.2. The minimum atomic E-state index is -0.0758. The fraction of sp³-hybridized carbons (Fsp3) is 0.333. The lowest BCUT2D eigenvalue weighted by Gasteiger charge is -2.12. The van der Waals surface area contributed by atoms with Gasteiger partial charge in [-0.1, -0.05) is 24.0 Å². The molecule has 2 aromatic heterocycles. The molecule has 0 saturated carbocycles. The lowest BCUT2D eigenvalue weighted by Crippen LogP contribution is -2.27. The Labute approximate surface area is 156 Å². The molecular formula is C18H20N2O3S2. The number of carbonyl (C=O) groups is 1. The fourth-order valence-corrected chi connectivity index (χ4v) is 4.08. The third kappa shape index (κ3) is 3.73. The van der Waals surface area contributed by atoms with Crippen molar-refractivity contribution in [3.8, 4) is 0 Å². The Morgan fingerprint density at radius 3 is 2.88 bits per heavy atom. The lowest BCUT2D eigenvalue weighted by atomic mass is 10.2. The van der Waals surface area contributed by atoms with E-state index in [4.69, 9.17) is 21.4 Å². The van der Waals surface area contributed by atoms with E-state index >= 15 is 0 Å². The quantitative estimate of drug-likeness (QED) is 0.568. The van der Waals surface area contributed by atoms with Crippen LogP contribution in [-0.2, 0) is 22.6 Å². The third-order valence-electron chi connectivity index (χ3n) is 4.19. The highest BCUT2D eigenvalue weighted by atomic mass is 32.2. The van der Waals surface area contributed by atoms with Crippen molar-refractivity contribution in [1.82, 2.24) is 9.47 Å². The summed E-state index contributed by atoms with van der Waals surface area (Å²) in [5.41, 5.74) is 3.30. The Balaban J connectivity index is 1.82. The minimum absolute atomic E-state index is 0.0758. The topological polar surface area (TPSA) is 47.6 Å². The molecule has 1 aliphatic rings. The minimum Gasteiger partial charge on any atom is -0.467 e. The first kappa shape index (κ1) is 18.0. The molecule has 1 saturated heterocycles. The van der Waals surface area contributed by atoms with Crippen molar-refractivity contribution in [1.29, 1.82) is 0 Å². The van der Waals surface area contributed by atoms with Crippen LogP contribution in [0.15, 0.2) is 33.8 Å². The highest BCUT2D eigenvalue weighted by Gasteiger charge is 2.32. The van der Waals surface area contributed by atoms with Gasteiger partial charge >= 0.3 is 0 Å². The van der Waals surface area contributed by atoms with Crippen LogP contribution < -0.4 is 0 Å². The summed E-state index contributed by atoms with van der Waals surface area (Å²) in [5, 5.41) is 0. The fourth-order valence-electron chi connectivity index (χ4n) is 2.84. The third-order valence-corrected chi connectivity index (χ3v) is 5.56. The number of amides is 1. The first-order valence-corrected chi connectivity index (χ1v) is 9.17. The zero-order valence-electron chi connectivity index (χ0n) is 14.4. The molecule has 132 valence electrons. The standard InChI is InChI=1S/C18H20N2O3S2/c1-12-9-14(13(2)19(12)6-8-22-3)10-16-17(21)20(18(24)25-16)11-15-5-4-7-23-15/h4-5,7,9-10H,6,8,11H2,1-3H3. The summed E-state index contributed by atoms with van der Waals surface area (Å²) in [4.78, 5) is 14.9. The molecule has 7 heteroatoms. The van der Waals surface area contributed by atoms with E-state index in [2.05, 4.69) is 24.5 Å². The van der Waals surface area contributed by atoms with E-state index in [-0.39, 0.29) is 5.91 Å². The Morgan fingerprint density at radius 1 is 1.40 bits per heavy atom. The molecule has 0 atom stereocenters. The number of aryl methyl sites for hydroxylation is 1. The maximum Gasteiger partial charge on any atom is 0.266 e. The molecule has 1 amide bonds. The largest absolute Gasteiger partial charge is 0.467 e. The van der Waals surface area contributed by atoms with Crippen LogP contribution in [0.2, 0.25) is 0 Å². The Morgan fingerprint density at radius 2 is 2.20 bits per heavy atom. The number of rotatable bonds is 6. The number of hydrogen-bond donors (Lipinski definition) is 0. The van der Waals surface area contributed by atoms with Gasteiger partial charge in [0.05, 0.1) is 24.3 Å². The van der Waals surface area contributed by atoms with Crippen LogP contribution in [0.25, 0.3) is 6.08 Å². The summed E-state index contributed by atoms with van der Waals surface area (Å²) in [5.74, 6) is 0.642. The molecule has 3 heterocycles. The molecule has 0 spiro atoms. The van der Waals surface area contributed by atoms with Crippen molar-refractivity contribution in [2.75, 3.05) is 13.7 Å². The highest BCUT2D eigenvalue weighted by Crippen LogP contribution is 2.34. The average Bonchev–Trinajstić information content (AvgIpc) is 3.25. The van der Waals surface area contributed by atoms with Crippen LogP contribution in [0.5, 0.6) is 0 Å². The number of hydrogen-bond acceptors (Lipinski definition) is 5. The first-order valence-electron chi connectivity index (χ1n) is 7.94. The highest BCUT2D eigenvalue weighted by molar-refractivity contribution is 8.26. The number of thiocarbonyl (C=S) groups is 1. The second kappa shape index (κ2) is 7.59. The van der Waals surface area contributed by atoms with E-state index in [1.165, 1.54) is 11.8 Å². The number of thioether (sulfide) groups is 1. The Bertz CT molecular complexity index is 822. The number of nitrogens with zero attached hydrogens (tertiary/aromatic N) is 2. The van der Waals surface area contributed by atoms with Gasteiger partial charge in [-0.15, -0.1) is 0 Å². The molecule has 5 nitrogen and oxygen atoms in total. The van der Waals surface area contributed by atoms with Crippen molar-refractivity contribution in [2.45, 2.75) is 26.9 Å². The molecule has 0 bridgehead atoms. The molecule has 1 aliphatic heterocycles. The SMILES string of the molecule is COCCn1c(C)cc(C=C2SC(=S)N(Cc3ccco3)C2=O)c1C. The lowest BCUT2D eigenvalue weighted by molar-refractivity contribution is -0.122. The normalized spacial score (nSPS) is 16.4. The summed E-state index contributed by atoms with van der Waals surface area (Å²) >= 11 is 6.70. The van der Waals surface area contributed by atoms with Gasteiger partial charge in [-0.3, -0.25) is 9.69 Å². The zero-order chi connectivity index (χ0) is 18.0. The van der Waals surface area contributed by atoms with Gasteiger partial charge in [-0.2, -0.15) is 0 Å². The van der Waals surface area contributed by atoms with Crippen molar-refractivity contribution in [3.63, 3.8) is 0 Å². The molecule has 1 fully saturated rings. The van der Waals surface area contributed by atoms with Crippen LogP contribution in [0, 0.1) is 13.8 Å². The maximum absolute atomic E-state index is 12.7. The van der Waals surface area contributed by atoms with Gasteiger partial charge in [-0.05, 0) is 43.7 Å². The van der Waals surface area contributed by atoms with Gasteiger partial charge in [0.15, 0.2) is 0 Å². The predicted octanol–water partition coefficient (Wildman–Crippen LogP) is 3.75. The molecule has 25 heavy (non-hydrogen) atoms. The Kier molecular flexibility index (Phi) is 5.46. The number of furan rings is 1. The number of methoxy groups -OCH3 is 1. The van der Waals surface area contributed by atoms with Crippen LogP contribution in [-0.4, -0.2) is 33.4 Å². The maximum atomic E-state index is 12.7. The van der Waals surface area contributed by atoms with Gasteiger partial charge in [0.2, 0.25) is 0 Å². The summed E-state index contributed by atoms with van der Waals surface area (Å²) in [7, 11) is 1.69. The molecule has 0 unspecified atom stereocenters. The molecule has 2 aromatic rings. The summed E-state index contributed by atoms with van der Waals surface area (Å²) in [6, 6.07) is 5.73. The molecule has 3 rings (SSSR count). The van der Waals surface area contributed by atoms with Gasteiger partial charge in [0, 0.05) is 25.0 Å². The van der Waals surface area contributed by atoms with Crippen LogP contribution >= 0.6 is 24.0 Å². The summed E-state index contributed by atoms with van der Waals surface area (Å²) in [6.07, 6.45) is 3.52. The number of ether oxygens (including phenoxy) is 1. The van der Waals surface area contributed by atoms with Crippen molar-refractivity contribution in [2.24, 2.45) is 0 Å². The van der Waals surface area contributed by atoms with Gasteiger partial charge < -0.3 is 13.7 Å². The van der Waals surface area contributed by atoms with Crippen molar-refractivity contribution < 1.29 is 13.9 Å². The molecule has 0 radical (unpaired) electrons. The van der Waals surface area contributed by atoms with Crippen molar-refractivity contribution >= 4 is 40.3 Å². The molecular weight excluding hydrogens is 356 g/mol. The van der Waals surface area contributed by atoms with Gasteiger partial charge in [-0.25, -0.2) is 0 Å². The van der Waals surface area contributed by atoms with E-state index < -0.39 is 0 Å². The van der Waals surface area contributed by atoms with E-state index in [0.717, 1.165) is 29.3 Å². The first-order chi connectivity index (χ1) is 12.0. The van der Waals surface area contributed by atoms with E-state index in [1.54, 1.807) is 24.3 Å². The zero-order valence-corrected chi connectivity index (χ0v) is 16.1. The number of aromatic nitrogens is 1. The average molecular weight is 377 g/mol. The van der Waals surface area contributed by atoms with E-state index in [9.17, 15) is 4.79 Å². The Hall–Kier alpha value is -1.83. The van der Waals surface area contributed by atoms with E-state index in [1.807, 2.05) is 12.1 Å².